The molecule has 0 aliphatic heterocycles. The van der Waals surface area contributed by atoms with Crippen molar-refractivity contribution in [1.82, 2.24) is 4.90 Å². The maximum absolute atomic E-state index is 12.5. The van der Waals surface area contributed by atoms with E-state index < -0.39 is 0 Å². The van der Waals surface area contributed by atoms with Gasteiger partial charge in [-0.15, -0.1) is 0 Å². The van der Waals surface area contributed by atoms with E-state index in [-0.39, 0.29) is 5.91 Å². The lowest BCUT2D eigenvalue weighted by Gasteiger charge is -2.28. The van der Waals surface area contributed by atoms with Crippen LogP contribution in [-0.2, 0) is 11.2 Å². The molecule has 1 aliphatic rings. The largest absolute Gasteiger partial charge is 0.339 e. The molecule has 1 aromatic carbocycles. The van der Waals surface area contributed by atoms with E-state index in [9.17, 15) is 4.79 Å². The summed E-state index contributed by atoms with van der Waals surface area (Å²) in [4.78, 5) is 14.5. The average Bonchev–Trinajstić information content (AvgIpc) is 2.94. The molecule has 1 saturated carbocycles. The van der Waals surface area contributed by atoms with Crippen LogP contribution in [0, 0.1) is 0 Å². The molecule has 0 saturated heterocycles. The molecule has 110 valence electrons. The topological polar surface area (TPSA) is 20.3 Å². The van der Waals surface area contributed by atoms with Crippen LogP contribution < -0.4 is 0 Å². The number of benzene rings is 1. The summed E-state index contributed by atoms with van der Waals surface area (Å²) in [7, 11) is 0. The number of amides is 1. The Kier molecular flexibility index (Phi) is 6.19. The van der Waals surface area contributed by atoms with Crippen LogP contribution in [0.3, 0.4) is 0 Å². The van der Waals surface area contributed by atoms with E-state index >= 15 is 0 Å². The Morgan fingerprint density at radius 3 is 2.55 bits per heavy atom. The third-order valence-corrected chi connectivity index (χ3v) is 4.84. The lowest BCUT2D eigenvalue weighted by molar-refractivity contribution is -0.132. The Bertz CT molecular complexity index is 475. The normalized spacial score (nSPS) is 15.6. The lowest BCUT2D eigenvalue weighted by Crippen LogP contribution is -2.41. The van der Waals surface area contributed by atoms with Gasteiger partial charge in [-0.25, -0.2) is 0 Å². The second kappa shape index (κ2) is 7.67. The fourth-order valence-corrected chi connectivity index (χ4v) is 3.45. The number of rotatable bonds is 5. The minimum absolute atomic E-state index is 0.176. The maximum atomic E-state index is 12.5. The Hall–Kier alpha value is -0.250. The molecule has 0 unspecified atom stereocenters. The zero-order valence-corrected chi connectivity index (χ0v) is 14.3. The highest BCUT2D eigenvalue weighted by molar-refractivity contribution is 9.09. The molecule has 1 fully saturated rings. The molecule has 5 heteroatoms. The molecule has 2 nitrogen and oxygen atoms in total. The number of hydrogen-bond donors (Lipinski definition) is 0. The number of alkyl halides is 1. The van der Waals surface area contributed by atoms with E-state index in [0.717, 1.165) is 30.3 Å². The van der Waals surface area contributed by atoms with Crippen molar-refractivity contribution in [3.63, 3.8) is 0 Å². The number of halogens is 3. The quantitative estimate of drug-likeness (QED) is 0.680. The smallest absolute Gasteiger partial charge is 0.227 e. The second-order valence-electron chi connectivity index (χ2n) is 5.14. The fourth-order valence-electron chi connectivity index (χ4n) is 2.74. The summed E-state index contributed by atoms with van der Waals surface area (Å²) in [5.74, 6) is 0.176. The Labute approximate surface area is 138 Å². The van der Waals surface area contributed by atoms with Crippen molar-refractivity contribution in [3.8, 4) is 0 Å². The molecule has 0 radical (unpaired) electrons. The predicted octanol–water partition coefficient (Wildman–Crippen LogP) is 4.70. The van der Waals surface area contributed by atoms with Gasteiger partial charge in [0.25, 0.3) is 0 Å². The van der Waals surface area contributed by atoms with Gasteiger partial charge in [0.05, 0.1) is 16.5 Å². The third-order valence-electron chi connectivity index (χ3n) is 3.75. The zero-order valence-electron chi connectivity index (χ0n) is 11.2. The molecule has 1 aliphatic carbocycles. The van der Waals surface area contributed by atoms with Gasteiger partial charge in [0.2, 0.25) is 5.91 Å². The van der Waals surface area contributed by atoms with Crippen LogP contribution in [-0.4, -0.2) is 28.7 Å². The molecule has 0 N–H and O–H groups in total. The molecular formula is C15H18BrCl2NO. The van der Waals surface area contributed by atoms with Crippen LogP contribution in [0.5, 0.6) is 0 Å². The van der Waals surface area contributed by atoms with Crippen LogP contribution in [0.1, 0.15) is 31.2 Å². The molecule has 0 bridgehead atoms. The van der Waals surface area contributed by atoms with Crippen LogP contribution in [0.15, 0.2) is 18.2 Å². The predicted molar refractivity (Wildman–Crippen MR) is 87.9 cm³/mol. The molecule has 1 aromatic rings. The number of carbonyl (C=O) groups excluding carboxylic acids is 1. The first-order valence-electron chi connectivity index (χ1n) is 6.91. The van der Waals surface area contributed by atoms with E-state index in [1.165, 1.54) is 12.8 Å². The van der Waals surface area contributed by atoms with Crippen LogP contribution in [0.25, 0.3) is 0 Å². The van der Waals surface area contributed by atoms with Crippen molar-refractivity contribution in [2.45, 2.75) is 38.1 Å². The molecule has 0 aromatic heterocycles. The summed E-state index contributed by atoms with van der Waals surface area (Å²) in [6.07, 6.45) is 5.09. The van der Waals surface area contributed by atoms with Crippen LogP contribution in [0.4, 0.5) is 0 Å². The van der Waals surface area contributed by atoms with Gasteiger partial charge in [-0.1, -0.05) is 58.0 Å². The molecule has 0 heterocycles. The van der Waals surface area contributed by atoms with Gasteiger partial charge in [0.1, 0.15) is 0 Å². The zero-order chi connectivity index (χ0) is 14.5. The summed E-state index contributed by atoms with van der Waals surface area (Å²) in [5.41, 5.74) is 0.918. The van der Waals surface area contributed by atoms with Gasteiger partial charge in [-0.2, -0.15) is 0 Å². The van der Waals surface area contributed by atoms with Gasteiger partial charge >= 0.3 is 0 Å². The highest BCUT2D eigenvalue weighted by Crippen LogP contribution is 2.26. The summed E-state index contributed by atoms with van der Waals surface area (Å²) >= 11 is 15.3. The highest BCUT2D eigenvalue weighted by Gasteiger charge is 2.26. The van der Waals surface area contributed by atoms with Crippen molar-refractivity contribution >= 4 is 45.0 Å². The SMILES string of the molecule is O=C(Cc1ccc(Cl)c(Cl)c1)N(CCBr)C1CCCC1. The van der Waals surface area contributed by atoms with Gasteiger partial charge < -0.3 is 4.90 Å². The number of carbonyl (C=O) groups is 1. The van der Waals surface area contributed by atoms with Gasteiger partial charge in [0, 0.05) is 17.9 Å². The highest BCUT2D eigenvalue weighted by atomic mass is 79.9. The van der Waals surface area contributed by atoms with Gasteiger partial charge in [-0.3, -0.25) is 4.79 Å². The van der Waals surface area contributed by atoms with Crippen molar-refractivity contribution in [1.29, 1.82) is 0 Å². The minimum atomic E-state index is 0.176. The van der Waals surface area contributed by atoms with Gasteiger partial charge in [0.15, 0.2) is 0 Å². The summed E-state index contributed by atoms with van der Waals surface area (Å²) in [6, 6.07) is 5.80. The third kappa shape index (κ3) is 4.12. The van der Waals surface area contributed by atoms with Crippen molar-refractivity contribution in [2.24, 2.45) is 0 Å². The Morgan fingerprint density at radius 1 is 1.25 bits per heavy atom. The summed E-state index contributed by atoms with van der Waals surface area (Å²) < 4.78 is 0. The standard InChI is InChI=1S/C15H18BrCl2NO/c16-7-8-19(12-3-1-2-4-12)15(20)10-11-5-6-13(17)14(18)9-11/h5-6,9,12H,1-4,7-8,10H2. The lowest BCUT2D eigenvalue weighted by atomic mass is 10.1. The molecule has 2 rings (SSSR count). The summed E-state index contributed by atoms with van der Waals surface area (Å²) in [6.45, 7) is 0.769. The monoisotopic (exact) mass is 377 g/mol. The number of hydrogen-bond acceptors (Lipinski definition) is 1. The van der Waals surface area contributed by atoms with Crippen LogP contribution in [0.2, 0.25) is 10.0 Å². The maximum Gasteiger partial charge on any atom is 0.227 e. The van der Waals surface area contributed by atoms with Gasteiger partial charge in [-0.05, 0) is 30.5 Å². The first kappa shape index (κ1) is 16.1. The first-order chi connectivity index (χ1) is 9.61. The molecular weight excluding hydrogens is 361 g/mol. The first-order valence-corrected chi connectivity index (χ1v) is 8.79. The van der Waals surface area contributed by atoms with Crippen molar-refractivity contribution < 1.29 is 4.79 Å². The number of nitrogens with zero attached hydrogens (tertiary/aromatic N) is 1. The average molecular weight is 379 g/mol. The second-order valence-corrected chi connectivity index (χ2v) is 6.75. The van der Waals surface area contributed by atoms with E-state index in [0.29, 0.717) is 22.5 Å². The molecule has 20 heavy (non-hydrogen) atoms. The Morgan fingerprint density at radius 2 is 1.95 bits per heavy atom. The molecule has 0 spiro atoms. The van der Waals surface area contributed by atoms with E-state index in [1.54, 1.807) is 12.1 Å². The molecule has 0 atom stereocenters. The Balaban J connectivity index is 2.05. The van der Waals surface area contributed by atoms with E-state index in [1.807, 2.05) is 11.0 Å². The molecule has 1 amide bonds. The fraction of sp³-hybridized carbons (Fsp3) is 0.533. The van der Waals surface area contributed by atoms with E-state index in [4.69, 9.17) is 23.2 Å². The van der Waals surface area contributed by atoms with E-state index in [2.05, 4.69) is 15.9 Å². The minimum Gasteiger partial charge on any atom is -0.339 e. The van der Waals surface area contributed by atoms with Crippen molar-refractivity contribution in [2.75, 3.05) is 11.9 Å². The van der Waals surface area contributed by atoms with Crippen LogP contribution >= 0.6 is 39.1 Å². The summed E-state index contributed by atoms with van der Waals surface area (Å²) in [5, 5.41) is 1.84. The van der Waals surface area contributed by atoms with Crippen molar-refractivity contribution in [3.05, 3.63) is 33.8 Å².